The lowest BCUT2D eigenvalue weighted by Crippen LogP contribution is -2.53. The number of piperidine rings is 1. The molecule has 0 aromatic heterocycles. The number of nitrogens with two attached hydrogens (primary N) is 1. The molecule has 0 radical (unpaired) electrons. The second-order valence-electron chi connectivity index (χ2n) is 7.51. The fourth-order valence-electron chi connectivity index (χ4n) is 4.83. The standard InChI is InChI=1S/C17H28N2OS/c18-14(21)17(8-4-5-9-17)15(20)19-12-10-16(11-13-19)6-2-1-3-7-16/h1-13H2,(H2,18,21). The van der Waals surface area contributed by atoms with Crippen molar-refractivity contribution in [3.05, 3.63) is 0 Å². The van der Waals surface area contributed by atoms with E-state index in [1.807, 2.05) is 0 Å². The van der Waals surface area contributed by atoms with E-state index in [9.17, 15) is 4.79 Å². The molecule has 0 bridgehead atoms. The quantitative estimate of drug-likeness (QED) is 0.795. The van der Waals surface area contributed by atoms with E-state index in [-0.39, 0.29) is 5.91 Å². The molecule has 3 nitrogen and oxygen atoms in total. The second-order valence-corrected chi connectivity index (χ2v) is 7.95. The van der Waals surface area contributed by atoms with Crippen molar-refractivity contribution in [3.8, 4) is 0 Å². The molecule has 1 spiro atoms. The highest BCUT2D eigenvalue weighted by Crippen LogP contribution is 2.46. The monoisotopic (exact) mass is 308 g/mol. The van der Waals surface area contributed by atoms with Gasteiger partial charge in [0.1, 0.15) is 0 Å². The fourth-order valence-corrected chi connectivity index (χ4v) is 5.12. The Kier molecular flexibility index (Phi) is 4.26. The van der Waals surface area contributed by atoms with Crippen molar-refractivity contribution >= 4 is 23.1 Å². The zero-order valence-corrected chi connectivity index (χ0v) is 13.8. The number of amides is 1. The molecule has 1 heterocycles. The molecule has 3 aliphatic rings. The zero-order valence-electron chi connectivity index (χ0n) is 13.0. The Morgan fingerprint density at radius 1 is 0.857 bits per heavy atom. The lowest BCUT2D eigenvalue weighted by molar-refractivity contribution is -0.140. The number of hydrogen-bond acceptors (Lipinski definition) is 2. The van der Waals surface area contributed by atoms with Gasteiger partial charge in [-0.15, -0.1) is 0 Å². The van der Waals surface area contributed by atoms with Gasteiger partial charge in [-0.05, 0) is 43.9 Å². The largest absolute Gasteiger partial charge is 0.392 e. The van der Waals surface area contributed by atoms with Crippen LogP contribution < -0.4 is 5.73 Å². The molecule has 118 valence electrons. The number of carbonyl (C=O) groups is 1. The maximum absolute atomic E-state index is 13.0. The van der Waals surface area contributed by atoms with E-state index < -0.39 is 5.41 Å². The van der Waals surface area contributed by atoms with Gasteiger partial charge in [0, 0.05) is 13.1 Å². The molecule has 2 aliphatic carbocycles. The minimum absolute atomic E-state index is 0.234. The van der Waals surface area contributed by atoms with E-state index in [0.29, 0.717) is 10.4 Å². The minimum Gasteiger partial charge on any atom is -0.392 e. The second kappa shape index (κ2) is 5.86. The Morgan fingerprint density at radius 2 is 1.38 bits per heavy atom. The van der Waals surface area contributed by atoms with Crippen LogP contribution in [-0.2, 0) is 4.79 Å². The molecule has 0 aromatic rings. The van der Waals surface area contributed by atoms with E-state index >= 15 is 0 Å². The van der Waals surface area contributed by atoms with Crippen molar-refractivity contribution in [1.29, 1.82) is 0 Å². The highest BCUT2D eigenvalue weighted by Gasteiger charge is 2.47. The Labute approximate surface area is 133 Å². The topological polar surface area (TPSA) is 46.3 Å². The number of hydrogen-bond donors (Lipinski definition) is 1. The number of thiocarbonyl (C=S) groups is 1. The SMILES string of the molecule is NC(=S)C1(C(=O)N2CCC3(CCCCC3)CC2)CCCC1. The molecule has 2 N–H and O–H groups in total. The van der Waals surface area contributed by atoms with Crippen molar-refractivity contribution < 1.29 is 4.79 Å². The Morgan fingerprint density at radius 3 is 1.90 bits per heavy atom. The van der Waals surface area contributed by atoms with E-state index in [2.05, 4.69) is 4.90 Å². The number of nitrogens with zero attached hydrogens (tertiary/aromatic N) is 1. The maximum atomic E-state index is 13.0. The Balaban J connectivity index is 1.66. The van der Waals surface area contributed by atoms with Crippen LogP contribution in [0.5, 0.6) is 0 Å². The maximum Gasteiger partial charge on any atom is 0.235 e. The first-order valence-corrected chi connectivity index (χ1v) is 9.08. The molecular weight excluding hydrogens is 280 g/mol. The third-order valence-corrected chi connectivity index (χ3v) is 6.75. The Hall–Kier alpha value is -0.640. The van der Waals surface area contributed by atoms with E-state index in [1.54, 1.807) is 0 Å². The van der Waals surface area contributed by atoms with Crippen LogP contribution in [0.3, 0.4) is 0 Å². The number of rotatable bonds is 2. The summed E-state index contributed by atoms with van der Waals surface area (Å²) in [7, 11) is 0. The van der Waals surface area contributed by atoms with Gasteiger partial charge >= 0.3 is 0 Å². The van der Waals surface area contributed by atoms with Crippen molar-refractivity contribution in [3.63, 3.8) is 0 Å². The third kappa shape index (κ3) is 2.71. The van der Waals surface area contributed by atoms with Crippen molar-refractivity contribution in [2.24, 2.45) is 16.6 Å². The summed E-state index contributed by atoms with van der Waals surface area (Å²) in [6.07, 6.45) is 13.2. The normalized spacial score (nSPS) is 27.7. The van der Waals surface area contributed by atoms with Crippen LogP contribution in [0, 0.1) is 10.8 Å². The van der Waals surface area contributed by atoms with Crippen LogP contribution in [0.1, 0.15) is 70.6 Å². The van der Waals surface area contributed by atoms with Crippen LogP contribution in [0.2, 0.25) is 0 Å². The van der Waals surface area contributed by atoms with Crippen LogP contribution in [0.25, 0.3) is 0 Å². The molecule has 3 fully saturated rings. The Bertz CT molecular complexity index is 413. The van der Waals surface area contributed by atoms with Crippen molar-refractivity contribution in [2.75, 3.05) is 13.1 Å². The number of carbonyl (C=O) groups excluding carboxylic acids is 1. The predicted molar refractivity (Wildman–Crippen MR) is 89.0 cm³/mol. The van der Waals surface area contributed by atoms with Gasteiger partial charge < -0.3 is 10.6 Å². The van der Waals surface area contributed by atoms with Gasteiger partial charge in [-0.25, -0.2) is 0 Å². The lowest BCUT2D eigenvalue weighted by atomic mass is 9.68. The zero-order chi connectivity index (χ0) is 14.9. The van der Waals surface area contributed by atoms with Crippen LogP contribution in [-0.4, -0.2) is 28.9 Å². The first-order valence-electron chi connectivity index (χ1n) is 8.67. The lowest BCUT2D eigenvalue weighted by Gasteiger charge is -2.46. The summed E-state index contributed by atoms with van der Waals surface area (Å²) in [5.41, 5.74) is 6.00. The van der Waals surface area contributed by atoms with Gasteiger partial charge in [-0.3, -0.25) is 4.79 Å². The summed E-state index contributed by atoms with van der Waals surface area (Å²) < 4.78 is 0. The van der Waals surface area contributed by atoms with E-state index in [4.69, 9.17) is 18.0 Å². The molecule has 0 atom stereocenters. The van der Waals surface area contributed by atoms with Gasteiger partial charge in [0.25, 0.3) is 0 Å². The summed E-state index contributed by atoms with van der Waals surface area (Å²) in [6.45, 7) is 1.84. The molecule has 2 saturated carbocycles. The fraction of sp³-hybridized carbons (Fsp3) is 0.882. The summed E-state index contributed by atoms with van der Waals surface area (Å²) >= 11 is 5.26. The van der Waals surface area contributed by atoms with E-state index in [1.165, 1.54) is 44.9 Å². The summed E-state index contributed by atoms with van der Waals surface area (Å²) in [6, 6.07) is 0. The molecule has 0 unspecified atom stereocenters. The third-order valence-electron chi connectivity index (χ3n) is 6.36. The molecule has 1 amide bonds. The van der Waals surface area contributed by atoms with Crippen molar-refractivity contribution in [1.82, 2.24) is 4.90 Å². The van der Waals surface area contributed by atoms with Gasteiger partial charge in [-0.1, -0.05) is 44.3 Å². The van der Waals surface area contributed by atoms with Gasteiger partial charge in [0.2, 0.25) is 5.91 Å². The molecule has 0 aromatic carbocycles. The summed E-state index contributed by atoms with van der Waals surface area (Å²) in [5.74, 6) is 0.234. The summed E-state index contributed by atoms with van der Waals surface area (Å²) in [5, 5.41) is 0. The average Bonchev–Trinajstić information content (AvgIpc) is 2.99. The van der Waals surface area contributed by atoms with Crippen LogP contribution in [0.4, 0.5) is 0 Å². The smallest absolute Gasteiger partial charge is 0.235 e. The highest BCUT2D eigenvalue weighted by atomic mass is 32.1. The molecule has 1 saturated heterocycles. The van der Waals surface area contributed by atoms with Gasteiger partial charge in [0.05, 0.1) is 10.4 Å². The van der Waals surface area contributed by atoms with Gasteiger partial charge in [0.15, 0.2) is 0 Å². The molecular formula is C17H28N2OS. The molecule has 21 heavy (non-hydrogen) atoms. The van der Waals surface area contributed by atoms with Crippen molar-refractivity contribution in [2.45, 2.75) is 70.6 Å². The predicted octanol–water partition coefficient (Wildman–Crippen LogP) is 3.41. The minimum atomic E-state index is -0.508. The first kappa shape index (κ1) is 15.3. The van der Waals surface area contributed by atoms with Crippen LogP contribution >= 0.6 is 12.2 Å². The molecule has 1 aliphatic heterocycles. The highest BCUT2D eigenvalue weighted by molar-refractivity contribution is 7.80. The van der Waals surface area contributed by atoms with Crippen LogP contribution in [0.15, 0.2) is 0 Å². The van der Waals surface area contributed by atoms with Gasteiger partial charge in [-0.2, -0.15) is 0 Å². The molecule has 4 heteroatoms. The first-order chi connectivity index (χ1) is 10.1. The average molecular weight is 308 g/mol. The van der Waals surface area contributed by atoms with E-state index in [0.717, 1.165) is 38.8 Å². The number of likely N-dealkylation sites (tertiary alicyclic amines) is 1. The molecule has 3 rings (SSSR count). The summed E-state index contributed by atoms with van der Waals surface area (Å²) in [4.78, 5) is 15.5.